The van der Waals surface area contributed by atoms with Crippen molar-refractivity contribution in [2.45, 2.75) is 39.5 Å². The molecule has 3 nitrogen and oxygen atoms in total. The van der Waals surface area contributed by atoms with Crippen LogP contribution in [0.4, 0.5) is 0 Å². The molecular formula is C16H19BrClNO2. The molecular weight excluding hydrogens is 354 g/mol. The van der Waals surface area contributed by atoms with E-state index < -0.39 is 0 Å². The Bertz CT molecular complexity index is 605. The van der Waals surface area contributed by atoms with Gasteiger partial charge < -0.3 is 14.5 Å². The van der Waals surface area contributed by atoms with E-state index in [9.17, 15) is 0 Å². The Hall–Kier alpha value is -0.970. The van der Waals surface area contributed by atoms with E-state index in [0.29, 0.717) is 23.9 Å². The minimum atomic E-state index is 0.0639. The summed E-state index contributed by atoms with van der Waals surface area (Å²) in [6.07, 6.45) is 0. The van der Waals surface area contributed by atoms with Crippen molar-refractivity contribution in [3.63, 3.8) is 0 Å². The van der Waals surface area contributed by atoms with E-state index in [1.807, 2.05) is 24.3 Å². The lowest BCUT2D eigenvalue weighted by Gasteiger charge is -2.19. The highest BCUT2D eigenvalue weighted by Gasteiger charge is 2.11. The zero-order valence-electron chi connectivity index (χ0n) is 12.4. The van der Waals surface area contributed by atoms with E-state index >= 15 is 0 Å². The molecule has 114 valence electrons. The number of hydrogen-bond donors (Lipinski definition) is 1. The molecule has 0 bridgehead atoms. The van der Waals surface area contributed by atoms with Gasteiger partial charge in [0.25, 0.3) is 0 Å². The summed E-state index contributed by atoms with van der Waals surface area (Å²) >= 11 is 9.47. The Morgan fingerprint density at radius 1 is 1.19 bits per heavy atom. The highest BCUT2D eigenvalue weighted by Crippen LogP contribution is 2.28. The number of benzene rings is 1. The monoisotopic (exact) mass is 371 g/mol. The van der Waals surface area contributed by atoms with Crippen molar-refractivity contribution < 1.29 is 9.15 Å². The molecule has 0 aliphatic rings. The molecule has 21 heavy (non-hydrogen) atoms. The quantitative estimate of drug-likeness (QED) is 0.787. The van der Waals surface area contributed by atoms with Gasteiger partial charge in [-0.05, 0) is 51.1 Å². The van der Waals surface area contributed by atoms with Crippen LogP contribution in [0.2, 0.25) is 5.02 Å². The fourth-order valence-corrected chi connectivity index (χ4v) is 2.42. The zero-order valence-corrected chi connectivity index (χ0v) is 14.7. The molecule has 0 saturated heterocycles. The van der Waals surface area contributed by atoms with Gasteiger partial charge >= 0.3 is 0 Å². The van der Waals surface area contributed by atoms with E-state index in [1.54, 1.807) is 6.07 Å². The van der Waals surface area contributed by atoms with E-state index in [-0.39, 0.29) is 5.54 Å². The van der Waals surface area contributed by atoms with Crippen LogP contribution in [-0.2, 0) is 13.2 Å². The Morgan fingerprint density at radius 3 is 2.57 bits per heavy atom. The predicted octanol–water partition coefficient (Wildman–Crippen LogP) is 5.16. The lowest BCUT2D eigenvalue weighted by molar-refractivity contribution is 0.263. The first-order valence-corrected chi connectivity index (χ1v) is 7.91. The lowest BCUT2D eigenvalue weighted by Crippen LogP contribution is -2.34. The van der Waals surface area contributed by atoms with Crippen molar-refractivity contribution in [2.24, 2.45) is 0 Å². The first-order chi connectivity index (χ1) is 9.83. The Balaban J connectivity index is 1.90. The summed E-state index contributed by atoms with van der Waals surface area (Å²) < 4.78 is 12.3. The second-order valence-corrected chi connectivity index (χ2v) is 7.16. The van der Waals surface area contributed by atoms with Crippen molar-refractivity contribution in [1.82, 2.24) is 5.32 Å². The van der Waals surface area contributed by atoms with Crippen LogP contribution in [0.15, 0.2) is 39.2 Å². The molecule has 0 fully saturated rings. The fourth-order valence-electron chi connectivity index (χ4n) is 1.69. The summed E-state index contributed by atoms with van der Waals surface area (Å²) in [6, 6.07) is 9.41. The molecule has 0 amide bonds. The summed E-state index contributed by atoms with van der Waals surface area (Å²) in [7, 11) is 0. The molecule has 5 heteroatoms. The third kappa shape index (κ3) is 5.38. The summed E-state index contributed by atoms with van der Waals surface area (Å²) in [5.41, 5.74) is 0.0639. The molecule has 1 aromatic heterocycles. The molecule has 0 radical (unpaired) electrons. The molecule has 0 spiro atoms. The topological polar surface area (TPSA) is 34.4 Å². The number of nitrogens with one attached hydrogen (secondary N) is 1. The molecule has 1 heterocycles. The van der Waals surface area contributed by atoms with Gasteiger partial charge in [-0.3, -0.25) is 0 Å². The highest BCUT2D eigenvalue weighted by atomic mass is 79.9. The standard InChI is InChI=1S/C16H19BrClNO2/c1-16(2,3)19-9-12-5-6-13(21-12)10-20-15-7-4-11(17)8-14(15)18/h4-8,19H,9-10H2,1-3H3. The van der Waals surface area contributed by atoms with Crippen LogP contribution in [0.3, 0.4) is 0 Å². The minimum Gasteiger partial charge on any atom is -0.484 e. The summed E-state index contributed by atoms with van der Waals surface area (Å²) in [4.78, 5) is 0. The van der Waals surface area contributed by atoms with E-state index in [0.717, 1.165) is 16.0 Å². The van der Waals surface area contributed by atoms with Gasteiger partial charge in [0.05, 0.1) is 11.6 Å². The minimum absolute atomic E-state index is 0.0639. The molecule has 2 aromatic rings. The van der Waals surface area contributed by atoms with Gasteiger partial charge in [-0.1, -0.05) is 27.5 Å². The number of halogens is 2. The first kappa shape index (κ1) is 16.4. The molecule has 0 saturated carbocycles. The van der Waals surface area contributed by atoms with E-state index in [4.69, 9.17) is 20.8 Å². The first-order valence-electron chi connectivity index (χ1n) is 6.74. The van der Waals surface area contributed by atoms with Crippen LogP contribution < -0.4 is 10.1 Å². The molecule has 2 rings (SSSR count). The van der Waals surface area contributed by atoms with Gasteiger partial charge in [-0.25, -0.2) is 0 Å². The van der Waals surface area contributed by atoms with Crippen LogP contribution in [0.5, 0.6) is 5.75 Å². The van der Waals surface area contributed by atoms with E-state index in [2.05, 4.69) is 42.0 Å². The maximum Gasteiger partial charge on any atom is 0.146 e. The van der Waals surface area contributed by atoms with Crippen molar-refractivity contribution in [2.75, 3.05) is 0 Å². The largest absolute Gasteiger partial charge is 0.484 e. The Kier molecular flexibility index (Phi) is 5.36. The van der Waals surface area contributed by atoms with Gasteiger partial charge in [0.2, 0.25) is 0 Å². The van der Waals surface area contributed by atoms with Gasteiger partial charge in [0.15, 0.2) is 0 Å². The van der Waals surface area contributed by atoms with Crippen LogP contribution in [-0.4, -0.2) is 5.54 Å². The molecule has 0 aliphatic heterocycles. The molecule has 1 aromatic carbocycles. The van der Waals surface area contributed by atoms with Gasteiger partial charge in [-0.15, -0.1) is 0 Å². The Morgan fingerprint density at radius 2 is 1.90 bits per heavy atom. The van der Waals surface area contributed by atoms with Crippen LogP contribution in [0.25, 0.3) is 0 Å². The lowest BCUT2D eigenvalue weighted by atomic mass is 10.1. The number of rotatable bonds is 5. The number of ether oxygens (including phenoxy) is 1. The summed E-state index contributed by atoms with van der Waals surface area (Å²) in [5.74, 6) is 2.32. The average molecular weight is 373 g/mol. The third-order valence-electron chi connectivity index (χ3n) is 2.77. The van der Waals surface area contributed by atoms with Crippen LogP contribution >= 0.6 is 27.5 Å². The zero-order chi connectivity index (χ0) is 15.5. The molecule has 0 aliphatic carbocycles. The maximum atomic E-state index is 6.11. The van der Waals surface area contributed by atoms with E-state index in [1.165, 1.54) is 0 Å². The number of furan rings is 1. The molecule has 1 N–H and O–H groups in total. The normalized spacial score (nSPS) is 11.7. The SMILES string of the molecule is CC(C)(C)NCc1ccc(COc2ccc(Br)cc2Cl)o1. The predicted molar refractivity (Wildman–Crippen MR) is 88.8 cm³/mol. The van der Waals surface area contributed by atoms with Crippen molar-refractivity contribution >= 4 is 27.5 Å². The second-order valence-electron chi connectivity index (χ2n) is 5.83. The highest BCUT2D eigenvalue weighted by molar-refractivity contribution is 9.10. The van der Waals surface area contributed by atoms with Crippen LogP contribution in [0, 0.1) is 0 Å². The summed E-state index contributed by atoms with van der Waals surface area (Å²) in [6.45, 7) is 7.42. The fraction of sp³-hybridized carbons (Fsp3) is 0.375. The van der Waals surface area contributed by atoms with Gasteiger partial charge in [0.1, 0.15) is 23.9 Å². The average Bonchev–Trinajstić information content (AvgIpc) is 2.82. The Labute approximate surface area is 138 Å². The third-order valence-corrected chi connectivity index (χ3v) is 3.56. The maximum absolute atomic E-state index is 6.11. The van der Waals surface area contributed by atoms with Gasteiger partial charge in [-0.2, -0.15) is 0 Å². The summed E-state index contributed by atoms with van der Waals surface area (Å²) in [5, 5.41) is 3.95. The van der Waals surface area contributed by atoms with Crippen LogP contribution in [0.1, 0.15) is 32.3 Å². The van der Waals surface area contributed by atoms with Crippen molar-refractivity contribution in [3.8, 4) is 5.75 Å². The van der Waals surface area contributed by atoms with Crippen molar-refractivity contribution in [1.29, 1.82) is 0 Å². The van der Waals surface area contributed by atoms with Gasteiger partial charge in [0, 0.05) is 10.0 Å². The molecule has 0 unspecified atom stereocenters. The number of hydrogen-bond acceptors (Lipinski definition) is 3. The smallest absolute Gasteiger partial charge is 0.146 e. The van der Waals surface area contributed by atoms with Crippen molar-refractivity contribution in [3.05, 3.63) is 51.3 Å². The second kappa shape index (κ2) is 6.86. The molecule has 0 atom stereocenters.